The zero-order chi connectivity index (χ0) is 21.8. The van der Waals surface area contributed by atoms with Gasteiger partial charge in [-0.2, -0.15) is 0 Å². The average molecular weight is 429 g/mol. The summed E-state index contributed by atoms with van der Waals surface area (Å²) >= 11 is 1.48. The molecular formula is C23H28N2O4S. The summed E-state index contributed by atoms with van der Waals surface area (Å²) in [5.41, 5.74) is 2.92. The van der Waals surface area contributed by atoms with Crippen molar-refractivity contribution in [3.8, 4) is 0 Å². The fourth-order valence-electron chi connectivity index (χ4n) is 3.50. The van der Waals surface area contributed by atoms with Gasteiger partial charge in [-0.05, 0) is 62.3 Å². The Balaban J connectivity index is 1.82. The van der Waals surface area contributed by atoms with Crippen molar-refractivity contribution in [1.82, 2.24) is 5.32 Å². The molecule has 1 aliphatic carbocycles. The number of hydrogen-bond acceptors (Lipinski definition) is 5. The molecule has 2 aromatic rings. The van der Waals surface area contributed by atoms with Crippen LogP contribution in [0.1, 0.15) is 70.8 Å². The second-order valence-corrected chi connectivity index (χ2v) is 9.18. The normalized spacial score (nSPS) is 15.4. The SMILES string of the molecule is CC(=O)NCc1ccc(C(=O)Nc2sc3c(c2C(=O)OC(C)C)CCC(C)C3)cc1. The first-order valence-electron chi connectivity index (χ1n) is 10.2. The fourth-order valence-corrected chi connectivity index (χ4v) is 4.90. The summed E-state index contributed by atoms with van der Waals surface area (Å²) in [7, 11) is 0. The summed E-state index contributed by atoms with van der Waals surface area (Å²) in [4.78, 5) is 37.8. The van der Waals surface area contributed by atoms with Gasteiger partial charge in [-0.25, -0.2) is 4.79 Å². The monoisotopic (exact) mass is 428 g/mol. The minimum Gasteiger partial charge on any atom is -0.459 e. The topological polar surface area (TPSA) is 84.5 Å². The molecule has 2 amide bonds. The minimum atomic E-state index is -0.377. The van der Waals surface area contributed by atoms with E-state index in [0.717, 1.165) is 35.3 Å². The molecule has 0 fully saturated rings. The van der Waals surface area contributed by atoms with E-state index in [0.29, 0.717) is 28.6 Å². The van der Waals surface area contributed by atoms with E-state index in [1.54, 1.807) is 24.3 Å². The van der Waals surface area contributed by atoms with Crippen molar-refractivity contribution in [2.75, 3.05) is 5.32 Å². The Morgan fingerprint density at radius 1 is 1.20 bits per heavy atom. The lowest BCUT2D eigenvalue weighted by atomic mass is 9.88. The number of esters is 1. The minimum absolute atomic E-state index is 0.103. The summed E-state index contributed by atoms with van der Waals surface area (Å²) in [6.45, 7) is 7.72. The third-order valence-corrected chi connectivity index (χ3v) is 6.21. The first kappa shape index (κ1) is 22.0. The fraction of sp³-hybridized carbons (Fsp3) is 0.435. The van der Waals surface area contributed by atoms with Crippen molar-refractivity contribution >= 4 is 34.1 Å². The smallest absolute Gasteiger partial charge is 0.341 e. The van der Waals surface area contributed by atoms with E-state index < -0.39 is 0 Å². The number of anilines is 1. The van der Waals surface area contributed by atoms with E-state index in [2.05, 4.69) is 17.6 Å². The molecule has 1 heterocycles. The van der Waals surface area contributed by atoms with Crippen LogP contribution in [0, 0.1) is 5.92 Å². The molecule has 0 aliphatic heterocycles. The number of carbonyl (C=O) groups excluding carboxylic acids is 3. The Hall–Kier alpha value is -2.67. The van der Waals surface area contributed by atoms with E-state index in [1.807, 2.05) is 13.8 Å². The van der Waals surface area contributed by atoms with E-state index >= 15 is 0 Å². The van der Waals surface area contributed by atoms with Crippen LogP contribution in [0.4, 0.5) is 5.00 Å². The quantitative estimate of drug-likeness (QED) is 0.671. The Bertz CT molecular complexity index is 947. The Kier molecular flexibility index (Phi) is 6.92. The van der Waals surface area contributed by atoms with Gasteiger partial charge in [0.15, 0.2) is 0 Å². The zero-order valence-corrected chi connectivity index (χ0v) is 18.7. The van der Waals surface area contributed by atoms with Gasteiger partial charge < -0.3 is 15.4 Å². The van der Waals surface area contributed by atoms with Crippen LogP contribution in [0.25, 0.3) is 0 Å². The maximum atomic E-state index is 12.8. The average Bonchev–Trinajstić information content (AvgIpc) is 3.03. The van der Waals surface area contributed by atoms with Gasteiger partial charge in [0.2, 0.25) is 5.91 Å². The number of rotatable bonds is 6. The van der Waals surface area contributed by atoms with Crippen LogP contribution in [0.2, 0.25) is 0 Å². The van der Waals surface area contributed by atoms with Crippen molar-refractivity contribution in [2.24, 2.45) is 5.92 Å². The summed E-state index contributed by atoms with van der Waals surface area (Å²) < 4.78 is 5.46. The number of thiophene rings is 1. The first-order chi connectivity index (χ1) is 14.2. The van der Waals surface area contributed by atoms with Crippen molar-refractivity contribution in [3.05, 3.63) is 51.4 Å². The molecule has 1 aromatic carbocycles. The highest BCUT2D eigenvalue weighted by Gasteiger charge is 2.29. The highest BCUT2D eigenvalue weighted by Crippen LogP contribution is 2.40. The maximum Gasteiger partial charge on any atom is 0.341 e. The van der Waals surface area contributed by atoms with Gasteiger partial charge in [0.05, 0.1) is 11.7 Å². The molecule has 1 aliphatic rings. The largest absolute Gasteiger partial charge is 0.459 e. The molecule has 1 unspecified atom stereocenters. The zero-order valence-electron chi connectivity index (χ0n) is 17.8. The highest BCUT2D eigenvalue weighted by molar-refractivity contribution is 7.17. The van der Waals surface area contributed by atoms with Crippen molar-refractivity contribution in [3.63, 3.8) is 0 Å². The molecule has 0 radical (unpaired) electrons. The molecule has 1 aromatic heterocycles. The lowest BCUT2D eigenvalue weighted by Crippen LogP contribution is -2.19. The van der Waals surface area contributed by atoms with Gasteiger partial charge in [-0.3, -0.25) is 9.59 Å². The maximum absolute atomic E-state index is 12.8. The molecule has 7 heteroatoms. The Morgan fingerprint density at radius 3 is 2.53 bits per heavy atom. The lowest BCUT2D eigenvalue weighted by Gasteiger charge is -2.18. The standard InChI is InChI=1S/C23H28N2O4S/c1-13(2)29-23(28)20-18-10-5-14(3)11-19(18)30-22(20)25-21(27)17-8-6-16(7-9-17)12-24-15(4)26/h6-9,13-14H,5,10-12H2,1-4H3,(H,24,26)(H,25,27). The Labute approximate surface area is 181 Å². The molecule has 0 bridgehead atoms. The Morgan fingerprint density at radius 2 is 1.90 bits per heavy atom. The van der Waals surface area contributed by atoms with E-state index in [9.17, 15) is 14.4 Å². The van der Waals surface area contributed by atoms with Crippen LogP contribution in [-0.2, 0) is 28.9 Å². The van der Waals surface area contributed by atoms with Gasteiger partial charge in [-0.1, -0.05) is 19.1 Å². The number of hydrogen-bond donors (Lipinski definition) is 2. The van der Waals surface area contributed by atoms with E-state index in [-0.39, 0.29) is 23.9 Å². The van der Waals surface area contributed by atoms with Crippen LogP contribution in [0.15, 0.2) is 24.3 Å². The molecule has 0 spiro atoms. The third-order valence-electron chi connectivity index (χ3n) is 5.04. The van der Waals surface area contributed by atoms with Crippen molar-refractivity contribution < 1.29 is 19.1 Å². The third kappa shape index (κ3) is 5.27. The summed E-state index contributed by atoms with van der Waals surface area (Å²) in [5, 5.41) is 6.22. The molecule has 0 saturated carbocycles. The number of fused-ring (bicyclic) bond motifs is 1. The molecule has 1 atom stereocenters. The van der Waals surface area contributed by atoms with Crippen LogP contribution < -0.4 is 10.6 Å². The van der Waals surface area contributed by atoms with Crippen LogP contribution >= 0.6 is 11.3 Å². The second-order valence-electron chi connectivity index (χ2n) is 8.07. The second kappa shape index (κ2) is 9.43. The first-order valence-corrected chi connectivity index (χ1v) is 11.1. The number of amides is 2. The molecule has 160 valence electrons. The molecule has 2 N–H and O–H groups in total. The van der Waals surface area contributed by atoms with Gasteiger partial charge >= 0.3 is 5.97 Å². The highest BCUT2D eigenvalue weighted by atomic mass is 32.1. The predicted octanol–water partition coefficient (Wildman–Crippen LogP) is 4.33. The summed E-state index contributed by atoms with van der Waals surface area (Å²) in [6, 6.07) is 7.04. The van der Waals surface area contributed by atoms with Gasteiger partial charge in [0, 0.05) is 23.9 Å². The van der Waals surface area contributed by atoms with Gasteiger partial charge in [0.1, 0.15) is 5.00 Å². The van der Waals surface area contributed by atoms with Gasteiger partial charge in [0.25, 0.3) is 5.91 Å². The van der Waals surface area contributed by atoms with Crippen molar-refractivity contribution in [2.45, 2.75) is 59.6 Å². The number of nitrogens with one attached hydrogen (secondary N) is 2. The summed E-state index contributed by atoms with van der Waals surface area (Å²) in [6.07, 6.45) is 2.53. The van der Waals surface area contributed by atoms with Crippen LogP contribution in [0.5, 0.6) is 0 Å². The molecule has 30 heavy (non-hydrogen) atoms. The number of ether oxygens (including phenoxy) is 1. The number of benzene rings is 1. The molecule has 3 rings (SSSR count). The van der Waals surface area contributed by atoms with Crippen molar-refractivity contribution in [1.29, 1.82) is 0 Å². The summed E-state index contributed by atoms with van der Waals surface area (Å²) in [5.74, 6) is -0.192. The lowest BCUT2D eigenvalue weighted by molar-refractivity contribution is -0.119. The van der Waals surface area contributed by atoms with Crippen LogP contribution in [-0.4, -0.2) is 23.9 Å². The molecule has 0 saturated heterocycles. The van der Waals surface area contributed by atoms with Gasteiger partial charge in [-0.15, -0.1) is 11.3 Å². The predicted molar refractivity (Wildman–Crippen MR) is 118 cm³/mol. The van der Waals surface area contributed by atoms with E-state index in [4.69, 9.17) is 4.74 Å². The number of carbonyl (C=O) groups is 3. The molecule has 6 nitrogen and oxygen atoms in total. The van der Waals surface area contributed by atoms with E-state index in [1.165, 1.54) is 18.3 Å². The molecular weight excluding hydrogens is 400 g/mol. The van der Waals surface area contributed by atoms with Crippen LogP contribution in [0.3, 0.4) is 0 Å².